The average Bonchev–Trinajstić information content (AvgIpc) is 3.06. The predicted molar refractivity (Wildman–Crippen MR) is 88.8 cm³/mol. The average molecular weight is 347 g/mol. The maximum Gasteiger partial charge on any atom is 0.410 e. The minimum absolute atomic E-state index is 0.226. The molecular formula is C15H29N3O4S. The third-order valence-corrected chi connectivity index (χ3v) is 6.25. The first-order valence-electron chi connectivity index (χ1n) is 8.33. The van der Waals surface area contributed by atoms with Crippen LogP contribution in [0.15, 0.2) is 0 Å². The number of rotatable bonds is 4. The molecule has 2 aliphatic heterocycles. The summed E-state index contributed by atoms with van der Waals surface area (Å²) in [5, 5.41) is -0.349. The van der Waals surface area contributed by atoms with E-state index in [1.165, 1.54) is 0 Å². The molecule has 2 atom stereocenters. The number of carbonyl (C=O) groups is 1. The van der Waals surface area contributed by atoms with Crippen LogP contribution in [0.4, 0.5) is 4.79 Å². The maximum absolute atomic E-state index is 12.1. The summed E-state index contributed by atoms with van der Waals surface area (Å²) in [6.45, 7) is 10.4. The highest BCUT2D eigenvalue weighted by molar-refractivity contribution is 7.90. The Balaban J connectivity index is 1.87. The molecule has 2 heterocycles. The number of hydrogen-bond donors (Lipinski definition) is 1. The Labute approximate surface area is 139 Å². The van der Waals surface area contributed by atoms with E-state index in [0.717, 1.165) is 13.0 Å². The molecule has 0 bridgehead atoms. The highest BCUT2D eigenvalue weighted by Gasteiger charge is 2.39. The van der Waals surface area contributed by atoms with Crippen molar-refractivity contribution in [2.24, 2.45) is 0 Å². The van der Waals surface area contributed by atoms with Crippen molar-refractivity contribution < 1.29 is 17.9 Å². The topological polar surface area (TPSA) is 79.0 Å². The number of likely N-dealkylation sites (tertiary alicyclic amines) is 2. The second-order valence-corrected chi connectivity index (χ2v) is 9.36. The lowest BCUT2D eigenvalue weighted by Crippen LogP contribution is -2.41. The van der Waals surface area contributed by atoms with Crippen LogP contribution in [0.5, 0.6) is 0 Å². The summed E-state index contributed by atoms with van der Waals surface area (Å²) in [4.78, 5) is 16.0. The van der Waals surface area contributed by atoms with Crippen LogP contribution in [0.25, 0.3) is 0 Å². The molecule has 2 unspecified atom stereocenters. The van der Waals surface area contributed by atoms with Crippen LogP contribution >= 0.6 is 0 Å². The van der Waals surface area contributed by atoms with E-state index in [2.05, 4.69) is 9.62 Å². The van der Waals surface area contributed by atoms with Crippen molar-refractivity contribution in [3.63, 3.8) is 0 Å². The number of sulfonamides is 1. The van der Waals surface area contributed by atoms with Crippen LogP contribution in [0.1, 0.15) is 40.5 Å². The van der Waals surface area contributed by atoms with Crippen molar-refractivity contribution in [3.8, 4) is 0 Å². The summed E-state index contributed by atoms with van der Waals surface area (Å²) in [7, 11) is -3.22. The van der Waals surface area contributed by atoms with Crippen LogP contribution in [-0.4, -0.2) is 73.9 Å². The van der Waals surface area contributed by atoms with Crippen molar-refractivity contribution in [2.75, 3.05) is 32.7 Å². The van der Waals surface area contributed by atoms with Gasteiger partial charge in [0.15, 0.2) is 0 Å². The third-order valence-electron chi connectivity index (χ3n) is 4.29. The number of ether oxygens (including phenoxy) is 1. The van der Waals surface area contributed by atoms with Gasteiger partial charge in [0.1, 0.15) is 5.60 Å². The molecule has 0 aromatic carbocycles. The highest BCUT2D eigenvalue weighted by Crippen LogP contribution is 2.24. The Hall–Kier alpha value is -0.860. The minimum atomic E-state index is -3.22. The van der Waals surface area contributed by atoms with Crippen LogP contribution in [0.3, 0.4) is 0 Å². The molecule has 0 aromatic heterocycles. The van der Waals surface area contributed by atoms with E-state index >= 15 is 0 Å². The van der Waals surface area contributed by atoms with Crippen LogP contribution in [0.2, 0.25) is 0 Å². The van der Waals surface area contributed by atoms with Gasteiger partial charge in [-0.2, -0.15) is 0 Å². The van der Waals surface area contributed by atoms with Crippen LogP contribution in [-0.2, 0) is 14.8 Å². The SMILES string of the molecule is CCNS(=O)(=O)C1CCN(C2CCN(C(=O)OC(C)(C)C)C2)C1. The van der Waals surface area contributed by atoms with Crippen molar-refractivity contribution in [1.29, 1.82) is 0 Å². The van der Waals surface area contributed by atoms with E-state index in [9.17, 15) is 13.2 Å². The first-order chi connectivity index (χ1) is 10.6. The Morgan fingerprint density at radius 2 is 1.91 bits per heavy atom. The molecule has 1 amide bonds. The first-order valence-corrected chi connectivity index (χ1v) is 9.87. The Bertz CT molecular complexity index is 529. The molecule has 8 heteroatoms. The highest BCUT2D eigenvalue weighted by atomic mass is 32.2. The lowest BCUT2D eigenvalue weighted by molar-refractivity contribution is 0.0282. The van der Waals surface area contributed by atoms with Crippen molar-refractivity contribution in [3.05, 3.63) is 0 Å². The quantitative estimate of drug-likeness (QED) is 0.821. The second-order valence-electron chi connectivity index (χ2n) is 7.32. The van der Waals surface area contributed by atoms with E-state index in [0.29, 0.717) is 32.6 Å². The molecule has 2 fully saturated rings. The molecule has 0 saturated carbocycles. The molecule has 1 N–H and O–H groups in total. The fourth-order valence-corrected chi connectivity index (χ4v) is 4.63. The number of nitrogens with zero attached hydrogens (tertiary/aromatic N) is 2. The summed E-state index contributed by atoms with van der Waals surface area (Å²) in [6, 6.07) is 0.226. The number of hydrogen-bond acceptors (Lipinski definition) is 5. The monoisotopic (exact) mass is 347 g/mol. The van der Waals surface area contributed by atoms with Gasteiger partial charge in [-0.25, -0.2) is 17.9 Å². The largest absolute Gasteiger partial charge is 0.444 e. The van der Waals surface area contributed by atoms with Gasteiger partial charge >= 0.3 is 6.09 Å². The molecular weight excluding hydrogens is 318 g/mol. The summed E-state index contributed by atoms with van der Waals surface area (Å²) < 4.78 is 32.2. The van der Waals surface area contributed by atoms with E-state index in [1.54, 1.807) is 11.8 Å². The lowest BCUT2D eigenvalue weighted by Gasteiger charge is -2.26. The van der Waals surface area contributed by atoms with Crippen LogP contribution in [0, 0.1) is 0 Å². The zero-order valence-electron chi connectivity index (χ0n) is 14.5. The molecule has 0 radical (unpaired) electrons. The molecule has 0 aliphatic carbocycles. The minimum Gasteiger partial charge on any atom is -0.444 e. The van der Waals surface area contributed by atoms with E-state index < -0.39 is 15.6 Å². The normalized spacial score (nSPS) is 26.7. The first kappa shape index (κ1) is 18.5. The molecule has 23 heavy (non-hydrogen) atoms. The molecule has 2 saturated heterocycles. The van der Waals surface area contributed by atoms with Gasteiger partial charge in [0.25, 0.3) is 0 Å². The van der Waals surface area contributed by atoms with E-state index in [1.807, 2.05) is 20.8 Å². The number of carbonyl (C=O) groups excluding carboxylic acids is 1. The van der Waals surface area contributed by atoms with Gasteiger partial charge in [-0.3, -0.25) is 4.90 Å². The number of nitrogens with one attached hydrogen (secondary N) is 1. The fourth-order valence-electron chi connectivity index (χ4n) is 3.19. The second kappa shape index (κ2) is 6.94. The van der Waals surface area contributed by atoms with Gasteiger partial charge in [-0.15, -0.1) is 0 Å². The zero-order chi connectivity index (χ0) is 17.3. The van der Waals surface area contributed by atoms with E-state index in [4.69, 9.17) is 4.74 Å². The zero-order valence-corrected chi connectivity index (χ0v) is 15.4. The molecule has 7 nitrogen and oxygen atoms in total. The molecule has 2 aliphatic rings. The summed E-state index contributed by atoms with van der Waals surface area (Å²) in [5.74, 6) is 0. The Morgan fingerprint density at radius 1 is 1.22 bits per heavy atom. The smallest absolute Gasteiger partial charge is 0.410 e. The summed E-state index contributed by atoms with van der Waals surface area (Å²) >= 11 is 0. The standard InChI is InChI=1S/C15H29N3O4S/c1-5-16-23(20,21)13-7-9-17(11-13)12-6-8-18(10-12)14(19)22-15(2,3)4/h12-13,16H,5-11H2,1-4H3. The van der Waals surface area contributed by atoms with E-state index in [-0.39, 0.29) is 17.4 Å². The Morgan fingerprint density at radius 3 is 2.52 bits per heavy atom. The third kappa shape index (κ3) is 4.81. The molecule has 0 spiro atoms. The molecule has 0 aromatic rings. The Kier molecular flexibility index (Phi) is 5.58. The summed E-state index contributed by atoms with van der Waals surface area (Å²) in [5.41, 5.74) is -0.492. The van der Waals surface area contributed by atoms with Gasteiger partial charge < -0.3 is 9.64 Å². The van der Waals surface area contributed by atoms with Gasteiger partial charge in [0.05, 0.1) is 5.25 Å². The van der Waals surface area contributed by atoms with Gasteiger partial charge in [0, 0.05) is 32.2 Å². The lowest BCUT2D eigenvalue weighted by atomic mass is 10.2. The molecule has 2 rings (SSSR count). The predicted octanol–water partition coefficient (Wildman–Crippen LogP) is 1.01. The maximum atomic E-state index is 12.1. The van der Waals surface area contributed by atoms with Crippen molar-refractivity contribution in [2.45, 2.75) is 57.4 Å². The van der Waals surface area contributed by atoms with Gasteiger partial charge in [-0.1, -0.05) is 6.92 Å². The number of amides is 1. The van der Waals surface area contributed by atoms with Crippen molar-refractivity contribution in [1.82, 2.24) is 14.5 Å². The summed E-state index contributed by atoms with van der Waals surface area (Å²) in [6.07, 6.45) is 1.24. The van der Waals surface area contributed by atoms with Gasteiger partial charge in [-0.05, 0) is 40.2 Å². The van der Waals surface area contributed by atoms with Crippen molar-refractivity contribution >= 4 is 16.1 Å². The molecule has 134 valence electrons. The van der Waals surface area contributed by atoms with Crippen LogP contribution < -0.4 is 4.72 Å². The van der Waals surface area contributed by atoms with Gasteiger partial charge in [0.2, 0.25) is 10.0 Å². The fraction of sp³-hybridized carbons (Fsp3) is 0.933.